The molecule has 0 aliphatic rings. The highest BCUT2D eigenvalue weighted by Crippen LogP contribution is 2.28. The van der Waals surface area contributed by atoms with Gasteiger partial charge in [-0.05, 0) is 31.2 Å². The maximum atomic E-state index is 12.6. The number of para-hydroxylation sites is 2. The van der Waals surface area contributed by atoms with Gasteiger partial charge in [0.15, 0.2) is 0 Å². The summed E-state index contributed by atoms with van der Waals surface area (Å²) in [6.07, 6.45) is -0.0412. The monoisotopic (exact) mass is 352 g/mol. The zero-order valence-electron chi connectivity index (χ0n) is 14.9. The summed E-state index contributed by atoms with van der Waals surface area (Å²) in [5.41, 5.74) is 2.97. The largest absolute Gasteiger partial charge is 0.495 e. The zero-order valence-corrected chi connectivity index (χ0v) is 14.9. The minimum atomic E-state index is -1.05. The van der Waals surface area contributed by atoms with Crippen LogP contribution in [0.2, 0.25) is 0 Å². The van der Waals surface area contributed by atoms with Crippen LogP contribution in [0.1, 0.15) is 21.6 Å². The van der Waals surface area contributed by atoms with E-state index in [1.807, 2.05) is 31.2 Å². The van der Waals surface area contributed by atoms with Gasteiger partial charge in [-0.3, -0.25) is 4.79 Å². The van der Waals surface area contributed by atoms with Gasteiger partial charge in [0.1, 0.15) is 11.4 Å². The van der Waals surface area contributed by atoms with Crippen LogP contribution < -0.4 is 10.1 Å². The number of aromatic carboxylic acids is 1. The number of hydrogen-bond acceptors (Lipinski definition) is 3. The number of rotatable bonds is 5. The molecule has 134 valence electrons. The fourth-order valence-corrected chi connectivity index (χ4v) is 3.19. The van der Waals surface area contributed by atoms with E-state index in [4.69, 9.17) is 4.74 Å². The van der Waals surface area contributed by atoms with Crippen molar-refractivity contribution in [3.8, 4) is 5.75 Å². The zero-order chi connectivity index (χ0) is 18.8. The van der Waals surface area contributed by atoms with Gasteiger partial charge in [-0.15, -0.1) is 0 Å². The first-order valence-electron chi connectivity index (χ1n) is 8.16. The third kappa shape index (κ3) is 3.13. The molecule has 0 aliphatic carbocycles. The van der Waals surface area contributed by atoms with Gasteiger partial charge in [0.2, 0.25) is 5.91 Å². The molecule has 26 heavy (non-hydrogen) atoms. The van der Waals surface area contributed by atoms with Crippen molar-refractivity contribution < 1.29 is 19.4 Å². The summed E-state index contributed by atoms with van der Waals surface area (Å²) in [5.74, 6) is -0.805. The number of aromatic nitrogens is 1. The molecule has 0 saturated heterocycles. The number of carboxylic acid groups (broad SMARTS) is 1. The van der Waals surface area contributed by atoms with E-state index < -0.39 is 5.97 Å². The van der Waals surface area contributed by atoms with Crippen LogP contribution in [0, 0.1) is 6.92 Å². The predicted octanol–water partition coefficient (Wildman–Crippen LogP) is 3.37. The molecule has 6 nitrogen and oxygen atoms in total. The van der Waals surface area contributed by atoms with Gasteiger partial charge >= 0.3 is 5.97 Å². The highest BCUT2D eigenvalue weighted by molar-refractivity contribution is 6.03. The van der Waals surface area contributed by atoms with Crippen LogP contribution in [0.3, 0.4) is 0 Å². The predicted molar refractivity (Wildman–Crippen MR) is 99.9 cm³/mol. The minimum Gasteiger partial charge on any atom is -0.495 e. The Labute approximate surface area is 151 Å². The highest BCUT2D eigenvalue weighted by Gasteiger charge is 2.22. The average Bonchev–Trinajstić information content (AvgIpc) is 2.86. The van der Waals surface area contributed by atoms with E-state index in [-0.39, 0.29) is 18.0 Å². The number of fused-ring (bicyclic) bond motifs is 1. The van der Waals surface area contributed by atoms with Crippen LogP contribution in [0.25, 0.3) is 10.9 Å². The van der Waals surface area contributed by atoms with E-state index >= 15 is 0 Å². The van der Waals surface area contributed by atoms with Crippen LogP contribution in [0.4, 0.5) is 5.69 Å². The van der Waals surface area contributed by atoms with Crippen LogP contribution in [0.15, 0.2) is 42.5 Å². The number of carbonyl (C=O) groups is 2. The number of hydrogen-bond donors (Lipinski definition) is 2. The molecule has 1 aromatic heterocycles. The van der Waals surface area contributed by atoms with Gasteiger partial charge in [-0.25, -0.2) is 4.79 Å². The molecule has 0 atom stereocenters. The molecule has 6 heteroatoms. The molecule has 3 aromatic rings. The fourth-order valence-electron chi connectivity index (χ4n) is 3.19. The first-order valence-corrected chi connectivity index (χ1v) is 8.16. The van der Waals surface area contributed by atoms with Crippen LogP contribution >= 0.6 is 0 Å². The number of ether oxygens (including phenoxy) is 1. The molecule has 2 N–H and O–H groups in total. The van der Waals surface area contributed by atoms with E-state index in [0.717, 1.165) is 16.5 Å². The Bertz CT molecular complexity index is 1000. The first kappa shape index (κ1) is 17.5. The van der Waals surface area contributed by atoms with Crippen LogP contribution in [-0.2, 0) is 18.3 Å². The van der Waals surface area contributed by atoms with Crippen molar-refractivity contribution >= 4 is 28.5 Å². The third-order valence-electron chi connectivity index (χ3n) is 4.38. The molecular formula is C20H20N2O4. The molecule has 0 aliphatic heterocycles. The molecule has 1 heterocycles. The average molecular weight is 352 g/mol. The summed E-state index contributed by atoms with van der Waals surface area (Å²) in [4.78, 5) is 24.4. The molecule has 0 unspecified atom stereocenters. The summed E-state index contributed by atoms with van der Waals surface area (Å²) < 4.78 is 6.85. The number of nitrogens with one attached hydrogen (secondary N) is 1. The SMILES string of the molecule is COc1ccccc1NC(=O)Cc1c(C(=O)O)n(C)c2ccc(C)cc12. The fraction of sp³-hybridized carbons (Fsp3) is 0.200. The Morgan fingerprint density at radius 2 is 1.92 bits per heavy atom. The van der Waals surface area contributed by atoms with Gasteiger partial charge < -0.3 is 19.7 Å². The maximum absolute atomic E-state index is 12.6. The Hall–Kier alpha value is -3.28. The maximum Gasteiger partial charge on any atom is 0.352 e. The highest BCUT2D eigenvalue weighted by atomic mass is 16.5. The number of anilines is 1. The van der Waals surface area contributed by atoms with Gasteiger partial charge in [0.05, 0.1) is 19.2 Å². The van der Waals surface area contributed by atoms with Gasteiger partial charge in [0, 0.05) is 23.5 Å². The Morgan fingerprint density at radius 1 is 1.19 bits per heavy atom. The smallest absolute Gasteiger partial charge is 0.352 e. The summed E-state index contributed by atoms with van der Waals surface area (Å²) in [6, 6.07) is 12.8. The molecule has 0 fully saturated rings. The van der Waals surface area contributed by atoms with Crippen molar-refractivity contribution in [2.75, 3.05) is 12.4 Å². The first-order chi connectivity index (χ1) is 12.4. The second-order valence-corrected chi connectivity index (χ2v) is 6.14. The molecule has 0 spiro atoms. The Balaban J connectivity index is 2.00. The van der Waals surface area contributed by atoms with E-state index in [1.54, 1.807) is 29.8 Å². The van der Waals surface area contributed by atoms with Gasteiger partial charge in [-0.1, -0.05) is 23.8 Å². The van der Waals surface area contributed by atoms with Crippen LogP contribution in [0.5, 0.6) is 5.75 Å². The molecular weight excluding hydrogens is 332 g/mol. The number of carbonyl (C=O) groups excluding carboxylic acids is 1. The number of aryl methyl sites for hydroxylation is 2. The molecule has 3 rings (SSSR count). The summed E-state index contributed by atoms with van der Waals surface area (Å²) in [5, 5.41) is 13.2. The number of amides is 1. The van der Waals surface area contributed by atoms with E-state index in [0.29, 0.717) is 17.0 Å². The van der Waals surface area contributed by atoms with E-state index in [2.05, 4.69) is 5.32 Å². The van der Waals surface area contributed by atoms with E-state index in [9.17, 15) is 14.7 Å². The molecule has 0 bridgehead atoms. The number of carboxylic acids is 1. The Kier molecular flexibility index (Phi) is 4.67. The standard InChI is InChI=1S/C20H20N2O4/c1-12-8-9-16-13(10-12)14(19(20(24)25)22(16)2)11-18(23)21-15-6-4-5-7-17(15)26-3/h4-10H,11H2,1-3H3,(H,21,23)(H,24,25). The molecule has 1 amide bonds. The molecule has 2 aromatic carbocycles. The minimum absolute atomic E-state index is 0.0412. The lowest BCUT2D eigenvalue weighted by molar-refractivity contribution is -0.115. The van der Waals surface area contributed by atoms with Crippen molar-refractivity contribution in [3.63, 3.8) is 0 Å². The number of nitrogens with zero attached hydrogens (tertiary/aromatic N) is 1. The second-order valence-electron chi connectivity index (χ2n) is 6.14. The Morgan fingerprint density at radius 3 is 2.62 bits per heavy atom. The third-order valence-corrected chi connectivity index (χ3v) is 4.38. The quantitative estimate of drug-likeness (QED) is 0.738. The van der Waals surface area contributed by atoms with Crippen molar-refractivity contribution in [3.05, 3.63) is 59.3 Å². The topological polar surface area (TPSA) is 80.6 Å². The normalized spacial score (nSPS) is 10.7. The second kappa shape index (κ2) is 6.92. The summed E-state index contributed by atoms with van der Waals surface area (Å²) in [7, 11) is 3.23. The van der Waals surface area contributed by atoms with Crippen molar-refractivity contribution in [1.82, 2.24) is 4.57 Å². The van der Waals surface area contributed by atoms with Gasteiger partial charge in [-0.2, -0.15) is 0 Å². The molecule has 0 saturated carbocycles. The lowest BCUT2D eigenvalue weighted by atomic mass is 10.0. The van der Waals surface area contributed by atoms with Crippen molar-refractivity contribution in [2.24, 2.45) is 7.05 Å². The lowest BCUT2D eigenvalue weighted by Gasteiger charge is -2.10. The number of methoxy groups -OCH3 is 1. The van der Waals surface area contributed by atoms with Crippen molar-refractivity contribution in [2.45, 2.75) is 13.3 Å². The number of benzene rings is 2. The van der Waals surface area contributed by atoms with E-state index in [1.165, 1.54) is 7.11 Å². The lowest BCUT2D eigenvalue weighted by Crippen LogP contribution is -2.17. The van der Waals surface area contributed by atoms with Crippen LogP contribution in [-0.4, -0.2) is 28.7 Å². The summed E-state index contributed by atoms with van der Waals surface area (Å²) >= 11 is 0. The van der Waals surface area contributed by atoms with Crippen molar-refractivity contribution in [1.29, 1.82) is 0 Å². The van der Waals surface area contributed by atoms with Gasteiger partial charge in [0.25, 0.3) is 0 Å². The molecule has 0 radical (unpaired) electrons. The summed E-state index contributed by atoms with van der Waals surface area (Å²) in [6.45, 7) is 1.94.